The summed E-state index contributed by atoms with van der Waals surface area (Å²) in [5.41, 5.74) is 2.21. The standard InChI is InChI=1S/C9H10N4/c1-2-7-8(10-3-1)6-13-5-4-11-9(13)12-7/h1-3H,4-6H2,(H,11,12). The van der Waals surface area contributed by atoms with E-state index in [0.717, 1.165) is 37.0 Å². The lowest BCUT2D eigenvalue weighted by Crippen LogP contribution is -2.37. The molecule has 2 aliphatic rings. The molecule has 0 aromatic carbocycles. The summed E-state index contributed by atoms with van der Waals surface area (Å²) in [7, 11) is 0. The number of nitrogens with one attached hydrogen (secondary N) is 1. The van der Waals surface area contributed by atoms with Crippen molar-refractivity contribution in [2.75, 3.05) is 18.4 Å². The minimum absolute atomic E-state index is 0.891. The van der Waals surface area contributed by atoms with Crippen LogP contribution < -0.4 is 5.32 Å². The van der Waals surface area contributed by atoms with E-state index in [1.807, 2.05) is 18.3 Å². The van der Waals surface area contributed by atoms with Crippen LogP contribution in [-0.2, 0) is 6.54 Å². The molecule has 3 heterocycles. The van der Waals surface area contributed by atoms with Gasteiger partial charge in [-0.3, -0.25) is 9.98 Å². The van der Waals surface area contributed by atoms with E-state index < -0.39 is 0 Å². The molecular weight excluding hydrogens is 164 g/mol. The third-order valence-electron chi connectivity index (χ3n) is 2.41. The Morgan fingerprint density at radius 3 is 3.46 bits per heavy atom. The van der Waals surface area contributed by atoms with Crippen LogP contribution in [0.1, 0.15) is 5.69 Å². The van der Waals surface area contributed by atoms with Gasteiger partial charge in [0, 0.05) is 12.7 Å². The molecule has 0 unspecified atom stereocenters. The topological polar surface area (TPSA) is 40.5 Å². The van der Waals surface area contributed by atoms with E-state index in [4.69, 9.17) is 0 Å². The van der Waals surface area contributed by atoms with Gasteiger partial charge in [0.2, 0.25) is 0 Å². The van der Waals surface area contributed by atoms with Crippen LogP contribution in [0.2, 0.25) is 0 Å². The zero-order valence-corrected chi connectivity index (χ0v) is 7.20. The Balaban J connectivity index is 2.04. The molecule has 0 saturated heterocycles. The first kappa shape index (κ1) is 6.88. The highest BCUT2D eigenvalue weighted by atomic mass is 15.4. The molecule has 0 fully saturated rings. The highest BCUT2D eigenvalue weighted by Crippen LogP contribution is 2.21. The summed E-state index contributed by atoms with van der Waals surface area (Å²) in [4.78, 5) is 10.9. The summed E-state index contributed by atoms with van der Waals surface area (Å²) in [6.45, 7) is 2.80. The maximum atomic E-state index is 4.36. The second-order valence-electron chi connectivity index (χ2n) is 3.25. The van der Waals surface area contributed by atoms with Gasteiger partial charge in [0.15, 0.2) is 5.96 Å². The van der Waals surface area contributed by atoms with Crippen LogP contribution in [0.15, 0.2) is 23.3 Å². The molecule has 1 N–H and O–H groups in total. The third-order valence-corrected chi connectivity index (χ3v) is 2.41. The van der Waals surface area contributed by atoms with Crippen LogP contribution in [0.4, 0.5) is 5.69 Å². The monoisotopic (exact) mass is 174 g/mol. The van der Waals surface area contributed by atoms with Crippen LogP contribution >= 0.6 is 0 Å². The van der Waals surface area contributed by atoms with E-state index in [2.05, 4.69) is 20.2 Å². The second-order valence-corrected chi connectivity index (χ2v) is 3.25. The van der Waals surface area contributed by atoms with Gasteiger partial charge in [-0.1, -0.05) is 0 Å². The average Bonchev–Trinajstić information content (AvgIpc) is 2.61. The molecule has 0 saturated carbocycles. The molecule has 1 aromatic heterocycles. The fourth-order valence-corrected chi connectivity index (χ4v) is 1.73. The maximum Gasteiger partial charge on any atom is 0.198 e. The molecule has 0 amide bonds. The third kappa shape index (κ3) is 0.983. The van der Waals surface area contributed by atoms with Crippen molar-refractivity contribution in [2.45, 2.75) is 6.54 Å². The fraction of sp³-hybridized carbons (Fsp3) is 0.333. The summed E-state index contributed by atoms with van der Waals surface area (Å²) >= 11 is 0. The Morgan fingerprint density at radius 2 is 2.46 bits per heavy atom. The lowest BCUT2D eigenvalue weighted by molar-refractivity contribution is 0.439. The van der Waals surface area contributed by atoms with Crippen LogP contribution in [-0.4, -0.2) is 28.9 Å². The smallest absolute Gasteiger partial charge is 0.198 e. The van der Waals surface area contributed by atoms with Crippen molar-refractivity contribution in [3.8, 4) is 0 Å². The fourth-order valence-electron chi connectivity index (χ4n) is 1.73. The van der Waals surface area contributed by atoms with Crippen molar-refractivity contribution in [3.63, 3.8) is 0 Å². The van der Waals surface area contributed by atoms with Gasteiger partial charge < -0.3 is 10.2 Å². The minimum atomic E-state index is 0.891. The Bertz CT molecular complexity index is 372. The lowest BCUT2D eigenvalue weighted by Gasteiger charge is -2.27. The summed E-state index contributed by atoms with van der Waals surface area (Å²) in [6.07, 6.45) is 1.83. The predicted octanol–water partition coefficient (Wildman–Crippen LogP) is 0.679. The molecular formula is C9H10N4. The van der Waals surface area contributed by atoms with Gasteiger partial charge in [-0.2, -0.15) is 0 Å². The lowest BCUT2D eigenvalue weighted by atomic mass is 10.2. The van der Waals surface area contributed by atoms with Gasteiger partial charge in [-0.15, -0.1) is 0 Å². The Kier molecular flexibility index (Phi) is 1.30. The van der Waals surface area contributed by atoms with Gasteiger partial charge in [0.05, 0.1) is 24.5 Å². The molecule has 0 radical (unpaired) electrons. The van der Waals surface area contributed by atoms with Gasteiger partial charge in [0.1, 0.15) is 0 Å². The molecule has 0 spiro atoms. The molecule has 4 heteroatoms. The van der Waals surface area contributed by atoms with E-state index in [0.29, 0.717) is 0 Å². The second kappa shape index (κ2) is 2.45. The Hall–Kier alpha value is -1.58. The summed E-state index contributed by atoms with van der Waals surface area (Å²) in [6, 6.07) is 3.98. The van der Waals surface area contributed by atoms with Gasteiger partial charge in [-0.25, -0.2) is 0 Å². The van der Waals surface area contributed by atoms with Crippen LogP contribution in [0.3, 0.4) is 0 Å². The zero-order chi connectivity index (χ0) is 8.67. The predicted molar refractivity (Wildman–Crippen MR) is 50.6 cm³/mol. The van der Waals surface area contributed by atoms with Crippen LogP contribution in [0, 0.1) is 0 Å². The van der Waals surface area contributed by atoms with Crippen molar-refractivity contribution in [2.24, 2.45) is 4.99 Å². The Labute approximate surface area is 76.3 Å². The summed E-state index contributed by atoms with van der Waals surface area (Å²) in [5, 5.41) is 3.27. The first-order valence-electron chi connectivity index (χ1n) is 4.44. The van der Waals surface area contributed by atoms with Crippen LogP contribution in [0.5, 0.6) is 0 Å². The molecule has 4 nitrogen and oxygen atoms in total. The van der Waals surface area contributed by atoms with E-state index in [-0.39, 0.29) is 0 Å². The molecule has 1 aromatic rings. The largest absolute Gasteiger partial charge is 0.335 e. The quantitative estimate of drug-likeness (QED) is 0.628. The molecule has 0 bridgehead atoms. The number of fused-ring (bicyclic) bond motifs is 2. The van der Waals surface area contributed by atoms with Crippen molar-refractivity contribution >= 4 is 11.6 Å². The number of guanidine groups is 1. The SMILES string of the molecule is c1cnc2c(c1)NC1=NCCN1C2. The first-order chi connectivity index (χ1) is 6.43. The number of aromatic nitrogens is 1. The van der Waals surface area contributed by atoms with Gasteiger partial charge in [-0.05, 0) is 12.1 Å². The van der Waals surface area contributed by atoms with Gasteiger partial charge in [0.25, 0.3) is 0 Å². The van der Waals surface area contributed by atoms with Crippen LogP contribution in [0.25, 0.3) is 0 Å². The minimum Gasteiger partial charge on any atom is -0.335 e. The number of pyridine rings is 1. The number of aliphatic imine (C=N–C) groups is 1. The van der Waals surface area contributed by atoms with E-state index >= 15 is 0 Å². The summed E-state index contributed by atoms with van der Waals surface area (Å²) < 4.78 is 0. The zero-order valence-electron chi connectivity index (χ0n) is 7.20. The number of rotatable bonds is 0. The molecule has 13 heavy (non-hydrogen) atoms. The number of hydrogen-bond donors (Lipinski definition) is 1. The normalized spacial score (nSPS) is 18.8. The highest BCUT2D eigenvalue weighted by molar-refractivity contribution is 5.96. The highest BCUT2D eigenvalue weighted by Gasteiger charge is 2.24. The molecule has 66 valence electrons. The first-order valence-corrected chi connectivity index (χ1v) is 4.44. The van der Waals surface area contributed by atoms with Crippen molar-refractivity contribution in [1.82, 2.24) is 9.88 Å². The molecule has 3 rings (SSSR count). The van der Waals surface area contributed by atoms with E-state index in [1.165, 1.54) is 0 Å². The average molecular weight is 174 g/mol. The van der Waals surface area contributed by atoms with Gasteiger partial charge >= 0.3 is 0 Å². The maximum absolute atomic E-state index is 4.36. The van der Waals surface area contributed by atoms with Crippen molar-refractivity contribution in [1.29, 1.82) is 0 Å². The van der Waals surface area contributed by atoms with E-state index in [1.54, 1.807) is 0 Å². The van der Waals surface area contributed by atoms with Crippen molar-refractivity contribution < 1.29 is 0 Å². The Morgan fingerprint density at radius 1 is 1.46 bits per heavy atom. The van der Waals surface area contributed by atoms with E-state index in [9.17, 15) is 0 Å². The van der Waals surface area contributed by atoms with Crippen molar-refractivity contribution in [3.05, 3.63) is 24.0 Å². The number of hydrogen-bond acceptors (Lipinski definition) is 4. The number of nitrogens with zero attached hydrogens (tertiary/aromatic N) is 3. The summed E-state index contributed by atoms with van der Waals surface area (Å²) in [5.74, 6) is 1.00. The molecule has 0 atom stereocenters. The number of anilines is 1. The molecule has 2 aliphatic heterocycles. The molecule has 0 aliphatic carbocycles.